The predicted octanol–water partition coefficient (Wildman–Crippen LogP) is 1.80. The highest BCUT2D eigenvalue weighted by molar-refractivity contribution is 6.08. The topological polar surface area (TPSA) is 51.2 Å². The van der Waals surface area contributed by atoms with E-state index in [9.17, 15) is 4.79 Å². The lowest BCUT2D eigenvalue weighted by atomic mass is 9.99. The van der Waals surface area contributed by atoms with Crippen LogP contribution in [0.1, 0.15) is 16.8 Å². The van der Waals surface area contributed by atoms with E-state index >= 15 is 0 Å². The molecule has 98 valence electrons. The molecule has 2 aromatic rings. The molecule has 0 saturated carbocycles. The molecule has 3 rings (SSSR count). The summed E-state index contributed by atoms with van der Waals surface area (Å²) in [6, 6.07) is 7.64. The number of rotatable bonds is 3. The molecule has 1 aromatic carbocycles. The molecule has 4 heteroatoms. The van der Waals surface area contributed by atoms with E-state index in [1.54, 1.807) is 12.4 Å². The first-order valence-electron chi connectivity index (χ1n) is 6.53. The number of benzene rings is 1. The zero-order chi connectivity index (χ0) is 13.1. The molecule has 2 heterocycles. The molecule has 1 aliphatic heterocycles. The van der Waals surface area contributed by atoms with Crippen molar-refractivity contribution in [1.82, 2.24) is 10.3 Å². The molecule has 1 saturated heterocycles. The Kier molecular flexibility index (Phi) is 3.53. The van der Waals surface area contributed by atoms with Crippen LogP contribution >= 0.6 is 0 Å². The molecule has 19 heavy (non-hydrogen) atoms. The minimum Gasteiger partial charge on any atom is -0.375 e. The molecule has 0 radical (unpaired) electrons. The van der Waals surface area contributed by atoms with E-state index in [0.717, 1.165) is 29.4 Å². The molecule has 1 unspecified atom stereocenters. The van der Waals surface area contributed by atoms with E-state index < -0.39 is 0 Å². The zero-order valence-electron chi connectivity index (χ0n) is 10.6. The van der Waals surface area contributed by atoms with Gasteiger partial charge < -0.3 is 10.1 Å². The number of nitrogens with one attached hydrogen (secondary N) is 1. The molecule has 1 N–H and O–H groups in total. The maximum absolute atomic E-state index is 12.4. The quantitative estimate of drug-likeness (QED) is 0.851. The van der Waals surface area contributed by atoms with Gasteiger partial charge in [-0.15, -0.1) is 0 Å². The number of hydrogen-bond donors (Lipinski definition) is 1. The second-order valence-electron chi connectivity index (χ2n) is 4.73. The van der Waals surface area contributed by atoms with Gasteiger partial charge in [0.25, 0.3) is 0 Å². The van der Waals surface area contributed by atoms with E-state index in [4.69, 9.17) is 4.74 Å². The molecule has 1 aromatic heterocycles. The summed E-state index contributed by atoms with van der Waals surface area (Å²) in [6.45, 7) is 2.29. The number of aromatic nitrogens is 1. The molecule has 1 aliphatic rings. The minimum atomic E-state index is -0.0154. The molecular formula is C15H16N2O2. The smallest absolute Gasteiger partial charge is 0.166 e. The number of carbonyl (C=O) groups is 1. The van der Waals surface area contributed by atoms with Gasteiger partial charge in [0, 0.05) is 42.9 Å². The fourth-order valence-electron chi connectivity index (χ4n) is 2.43. The number of ketones is 1. The van der Waals surface area contributed by atoms with Gasteiger partial charge in [0.15, 0.2) is 5.78 Å². The molecular weight excluding hydrogens is 240 g/mol. The van der Waals surface area contributed by atoms with Crippen molar-refractivity contribution in [3.8, 4) is 0 Å². The van der Waals surface area contributed by atoms with Crippen LogP contribution in [0.15, 0.2) is 36.7 Å². The predicted molar refractivity (Wildman–Crippen MR) is 73.3 cm³/mol. The normalized spacial score (nSPS) is 19.5. The first kappa shape index (κ1) is 12.3. The highest BCUT2D eigenvalue weighted by Crippen LogP contribution is 2.20. The van der Waals surface area contributed by atoms with Crippen molar-refractivity contribution >= 4 is 16.6 Å². The second kappa shape index (κ2) is 5.47. The average molecular weight is 256 g/mol. The molecule has 0 aliphatic carbocycles. The Morgan fingerprint density at radius 2 is 2.37 bits per heavy atom. The largest absolute Gasteiger partial charge is 0.375 e. The first-order chi connectivity index (χ1) is 9.34. The van der Waals surface area contributed by atoms with Crippen LogP contribution in [0, 0.1) is 0 Å². The molecule has 1 fully saturated rings. The number of ether oxygens (including phenoxy) is 1. The first-order valence-corrected chi connectivity index (χ1v) is 6.53. The van der Waals surface area contributed by atoms with Crippen LogP contribution in [-0.2, 0) is 4.74 Å². The van der Waals surface area contributed by atoms with Gasteiger partial charge in [-0.05, 0) is 11.5 Å². The third kappa shape index (κ3) is 2.64. The van der Waals surface area contributed by atoms with E-state index in [1.807, 2.05) is 24.3 Å². The summed E-state index contributed by atoms with van der Waals surface area (Å²) in [5, 5.41) is 5.20. The summed E-state index contributed by atoms with van der Waals surface area (Å²) in [7, 11) is 0. The number of nitrogens with zero attached hydrogens (tertiary/aromatic N) is 1. The number of Topliss-reactive ketones (excluding diaryl/α,β-unsaturated/α-hetero) is 1. The standard InChI is InChI=1S/C15H16N2O2/c18-15(8-12-10-17-6-7-19-12)14-3-1-2-11-9-16-5-4-13(11)14/h1-5,9,12,17H,6-8,10H2. The van der Waals surface area contributed by atoms with E-state index in [1.165, 1.54) is 0 Å². The van der Waals surface area contributed by atoms with Gasteiger partial charge in [-0.25, -0.2) is 0 Å². The lowest BCUT2D eigenvalue weighted by Gasteiger charge is -2.23. The van der Waals surface area contributed by atoms with Crippen LogP contribution in [0.3, 0.4) is 0 Å². The van der Waals surface area contributed by atoms with Crippen molar-refractivity contribution in [2.75, 3.05) is 19.7 Å². The lowest BCUT2D eigenvalue weighted by molar-refractivity contribution is 0.0240. The third-order valence-electron chi connectivity index (χ3n) is 3.40. The van der Waals surface area contributed by atoms with Gasteiger partial charge >= 0.3 is 0 Å². The SMILES string of the molecule is O=C(CC1CNCCO1)c1cccc2cnccc12. The van der Waals surface area contributed by atoms with E-state index in [2.05, 4.69) is 10.3 Å². The summed E-state index contributed by atoms with van der Waals surface area (Å²) >= 11 is 0. The summed E-state index contributed by atoms with van der Waals surface area (Å²) in [6.07, 6.45) is 3.91. The number of fused-ring (bicyclic) bond motifs is 1. The summed E-state index contributed by atoms with van der Waals surface area (Å²) in [5.74, 6) is 0.130. The van der Waals surface area contributed by atoms with Crippen molar-refractivity contribution in [3.05, 3.63) is 42.2 Å². The number of pyridine rings is 1. The van der Waals surface area contributed by atoms with Gasteiger partial charge in [-0.3, -0.25) is 9.78 Å². The van der Waals surface area contributed by atoms with Crippen LogP contribution in [0.25, 0.3) is 10.8 Å². The van der Waals surface area contributed by atoms with Crippen LogP contribution in [0.2, 0.25) is 0 Å². The van der Waals surface area contributed by atoms with E-state index in [-0.39, 0.29) is 11.9 Å². The lowest BCUT2D eigenvalue weighted by Crippen LogP contribution is -2.39. The van der Waals surface area contributed by atoms with Crippen molar-refractivity contribution < 1.29 is 9.53 Å². The highest BCUT2D eigenvalue weighted by atomic mass is 16.5. The zero-order valence-corrected chi connectivity index (χ0v) is 10.6. The number of morpholine rings is 1. The Labute approximate surface area is 111 Å². The number of hydrogen-bond acceptors (Lipinski definition) is 4. The molecule has 1 atom stereocenters. The van der Waals surface area contributed by atoms with Gasteiger partial charge in [-0.1, -0.05) is 18.2 Å². The summed E-state index contributed by atoms with van der Waals surface area (Å²) in [5.41, 5.74) is 0.758. The summed E-state index contributed by atoms with van der Waals surface area (Å²) < 4.78 is 5.59. The fraction of sp³-hybridized carbons (Fsp3) is 0.333. The van der Waals surface area contributed by atoms with Crippen LogP contribution < -0.4 is 5.32 Å². The van der Waals surface area contributed by atoms with Crippen LogP contribution in [-0.4, -0.2) is 36.6 Å². The van der Waals surface area contributed by atoms with Gasteiger partial charge in [0.1, 0.15) is 0 Å². The van der Waals surface area contributed by atoms with Crippen LogP contribution in [0.5, 0.6) is 0 Å². The highest BCUT2D eigenvalue weighted by Gasteiger charge is 2.19. The Balaban J connectivity index is 1.85. The molecule has 4 nitrogen and oxygen atoms in total. The van der Waals surface area contributed by atoms with Gasteiger partial charge in [0.2, 0.25) is 0 Å². The van der Waals surface area contributed by atoms with Crippen LogP contribution in [0.4, 0.5) is 0 Å². The Hall–Kier alpha value is -1.78. The van der Waals surface area contributed by atoms with Crippen molar-refractivity contribution in [2.45, 2.75) is 12.5 Å². The van der Waals surface area contributed by atoms with Crippen molar-refractivity contribution in [2.24, 2.45) is 0 Å². The monoisotopic (exact) mass is 256 g/mol. The van der Waals surface area contributed by atoms with Crippen molar-refractivity contribution in [1.29, 1.82) is 0 Å². The average Bonchev–Trinajstić information content (AvgIpc) is 2.47. The maximum Gasteiger partial charge on any atom is 0.166 e. The molecule has 0 amide bonds. The Morgan fingerprint density at radius 3 is 3.21 bits per heavy atom. The Bertz CT molecular complexity index is 586. The molecule has 0 spiro atoms. The van der Waals surface area contributed by atoms with E-state index in [0.29, 0.717) is 13.0 Å². The summed E-state index contributed by atoms with van der Waals surface area (Å²) in [4.78, 5) is 16.5. The third-order valence-corrected chi connectivity index (χ3v) is 3.40. The minimum absolute atomic E-state index is 0.0154. The Morgan fingerprint density at radius 1 is 1.42 bits per heavy atom. The fourth-order valence-corrected chi connectivity index (χ4v) is 2.43. The van der Waals surface area contributed by atoms with Crippen molar-refractivity contribution in [3.63, 3.8) is 0 Å². The molecule has 0 bridgehead atoms. The van der Waals surface area contributed by atoms with Gasteiger partial charge in [-0.2, -0.15) is 0 Å². The second-order valence-corrected chi connectivity index (χ2v) is 4.73. The van der Waals surface area contributed by atoms with Gasteiger partial charge in [0.05, 0.1) is 12.7 Å². The maximum atomic E-state index is 12.4. The number of carbonyl (C=O) groups excluding carboxylic acids is 1.